The first-order valence-electron chi connectivity index (χ1n) is 11.3. The summed E-state index contributed by atoms with van der Waals surface area (Å²) in [7, 11) is 0. The van der Waals surface area contributed by atoms with E-state index >= 15 is 0 Å². The summed E-state index contributed by atoms with van der Waals surface area (Å²) in [4.78, 5) is 12.6. The van der Waals surface area contributed by atoms with Crippen molar-refractivity contribution in [2.24, 2.45) is 5.92 Å². The van der Waals surface area contributed by atoms with Gasteiger partial charge in [-0.15, -0.1) is 0 Å². The highest BCUT2D eigenvalue weighted by Crippen LogP contribution is 2.32. The molecule has 0 spiro atoms. The molecule has 0 radical (unpaired) electrons. The average molecular weight is 451 g/mol. The number of aliphatic hydroxyl groups is 5. The number of ether oxygens (including phenoxy) is 1. The number of benzene rings is 1. The average Bonchev–Trinajstić information content (AvgIpc) is 2.75. The number of carbonyl (C=O) groups excluding carboxylic acids is 1. The maximum absolute atomic E-state index is 12.6. The highest BCUT2D eigenvalue weighted by atomic mass is 16.6. The zero-order chi connectivity index (χ0) is 24.1. The molecule has 0 fully saturated rings. The molecule has 0 amide bonds. The largest absolute Gasteiger partial charge is 0.456 e. The zero-order valence-electron chi connectivity index (χ0n) is 19.4. The first kappa shape index (κ1) is 26.5. The van der Waals surface area contributed by atoms with Crippen LogP contribution >= 0.6 is 0 Å². The second-order valence-electron chi connectivity index (χ2n) is 9.47. The predicted molar refractivity (Wildman–Crippen MR) is 121 cm³/mol. The summed E-state index contributed by atoms with van der Waals surface area (Å²) in [5.41, 5.74) is 1.50. The van der Waals surface area contributed by atoms with E-state index in [1.165, 1.54) is 0 Å². The lowest BCUT2D eigenvalue weighted by atomic mass is 9.76. The van der Waals surface area contributed by atoms with Gasteiger partial charge >= 0.3 is 5.97 Å². The van der Waals surface area contributed by atoms with E-state index in [0.29, 0.717) is 17.6 Å². The molecule has 7 nitrogen and oxygen atoms in total. The monoisotopic (exact) mass is 450 g/mol. The first-order valence-corrected chi connectivity index (χ1v) is 11.3. The molecule has 0 aliphatic carbocycles. The molecule has 0 unspecified atom stereocenters. The Kier molecular flexibility index (Phi) is 9.42. The van der Waals surface area contributed by atoms with E-state index in [0.717, 1.165) is 5.56 Å². The van der Waals surface area contributed by atoms with Gasteiger partial charge in [0, 0.05) is 37.2 Å². The van der Waals surface area contributed by atoms with Crippen molar-refractivity contribution in [1.82, 2.24) is 0 Å². The highest BCUT2D eigenvalue weighted by Gasteiger charge is 2.35. The summed E-state index contributed by atoms with van der Waals surface area (Å²) in [6.07, 6.45) is -3.22. The van der Waals surface area contributed by atoms with Crippen molar-refractivity contribution in [2.75, 3.05) is 6.61 Å². The van der Waals surface area contributed by atoms with Crippen molar-refractivity contribution in [3.05, 3.63) is 47.0 Å². The van der Waals surface area contributed by atoms with E-state index < -0.39 is 41.9 Å². The van der Waals surface area contributed by atoms with E-state index in [4.69, 9.17) is 4.74 Å². The number of carbonyl (C=O) groups is 1. The van der Waals surface area contributed by atoms with Crippen LogP contribution in [0, 0.1) is 5.92 Å². The Morgan fingerprint density at radius 3 is 2.53 bits per heavy atom. The van der Waals surface area contributed by atoms with Crippen LogP contribution in [0.25, 0.3) is 0 Å². The molecular weight excluding hydrogens is 412 g/mol. The second kappa shape index (κ2) is 11.4. The van der Waals surface area contributed by atoms with Crippen molar-refractivity contribution in [3.63, 3.8) is 0 Å². The fourth-order valence-electron chi connectivity index (χ4n) is 4.01. The van der Waals surface area contributed by atoms with Crippen LogP contribution in [-0.2, 0) is 21.4 Å². The summed E-state index contributed by atoms with van der Waals surface area (Å²) >= 11 is 0. The number of esters is 1. The van der Waals surface area contributed by atoms with Crippen molar-refractivity contribution in [1.29, 1.82) is 0 Å². The van der Waals surface area contributed by atoms with Crippen LogP contribution in [0.15, 0.2) is 35.9 Å². The lowest BCUT2D eigenvalue weighted by molar-refractivity contribution is -0.164. The van der Waals surface area contributed by atoms with Gasteiger partial charge in [0.2, 0.25) is 0 Å². The molecule has 2 bridgehead atoms. The smallest absolute Gasteiger partial charge is 0.338 e. The van der Waals surface area contributed by atoms with Gasteiger partial charge in [-0.2, -0.15) is 0 Å². The molecule has 0 saturated carbocycles. The highest BCUT2D eigenvalue weighted by molar-refractivity contribution is 5.75. The predicted octanol–water partition coefficient (Wildman–Crippen LogP) is 1.62. The molecular formula is C25H38O7. The van der Waals surface area contributed by atoms with Crippen molar-refractivity contribution in [2.45, 2.75) is 89.3 Å². The molecule has 0 saturated heterocycles. The minimum Gasteiger partial charge on any atom is -0.456 e. The maximum Gasteiger partial charge on any atom is 0.338 e. The number of fused-ring (bicyclic) bond motifs is 2. The lowest BCUT2D eigenvalue weighted by Crippen LogP contribution is -2.41. The van der Waals surface area contributed by atoms with Gasteiger partial charge in [-0.05, 0) is 30.0 Å². The maximum atomic E-state index is 12.6. The fraction of sp³-hybridized carbons (Fsp3) is 0.640. The van der Waals surface area contributed by atoms with Crippen molar-refractivity contribution >= 4 is 5.97 Å². The summed E-state index contributed by atoms with van der Waals surface area (Å²) < 4.78 is 5.50. The first-order chi connectivity index (χ1) is 15.0. The van der Waals surface area contributed by atoms with Gasteiger partial charge in [0.15, 0.2) is 6.10 Å². The minimum absolute atomic E-state index is 0.0198. The van der Waals surface area contributed by atoms with Gasteiger partial charge in [-0.3, -0.25) is 0 Å². The minimum atomic E-state index is -1.74. The number of rotatable bonds is 4. The molecule has 2 rings (SSSR count). The number of aliphatic hydroxyl groups excluding tert-OH is 5. The summed E-state index contributed by atoms with van der Waals surface area (Å²) in [5, 5.41) is 52.0. The molecule has 1 aliphatic rings. The molecule has 1 heterocycles. The van der Waals surface area contributed by atoms with Crippen LogP contribution in [0.5, 0.6) is 0 Å². The number of hydrogen-bond donors (Lipinski definition) is 5. The Balaban J connectivity index is 2.42. The van der Waals surface area contributed by atoms with Gasteiger partial charge in [-0.1, -0.05) is 51.1 Å². The Bertz CT molecular complexity index is 784. The van der Waals surface area contributed by atoms with Gasteiger partial charge < -0.3 is 30.3 Å². The molecule has 6 atom stereocenters. The third-order valence-electron chi connectivity index (χ3n) is 6.56. The Hall–Kier alpha value is -1.77. The van der Waals surface area contributed by atoms with Gasteiger partial charge in [-0.25, -0.2) is 4.79 Å². The molecule has 5 N–H and O–H groups in total. The Labute approximate surface area is 190 Å². The van der Waals surface area contributed by atoms with Crippen LogP contribution in [-0.4, -0.2) is 68.6 Å². The summed E-state index contributed by atoms with van der Waals surface area (Å²) in [6.45, 7) is 7.36. The standard InChI is InChI=1S/C25H38O7/c1-5-16(14-26)9-15(2)21-12-19(27)13-22(29)25(3,4)18-8-6-7-17(10-18)11-20(28)23(30)24(31)32-21/h6-10,16,19-23,26-30H,5,11-14H2,1-4H3/b15-9-/t16-,19+,20-,21+,22+,23+/m1/s1. The zero-order valence-corrected chi connectivity index (χ0v) is 19.4. The van der Waals surface area contributed by atoms with Gasteiger partial charge in [0.1, 0.15) is 6.10 Å². The second-order valence-corrected chi connectivity index (χ2v) is 9.47. The lowest BCUT2D eigenvalue weighted by Gasteiger charge is -2.34. The van der Waals surface area contributed by atoms with Crippen LogP contribution in [0.1, 0.15) is 58.1 Å². The summed E-state index contributed by atoms with van der Waals surface area (Å²) in [6, 6.07) is 7.29. The van der Waals surface area contributed by atoms with Crippen molar-refractivity contribution in [3.8, 4) is 0 Å². The molecule has 1 aromatic carbocycles. The topological polar surface area (TPSA) is 127 Å². The number of hydrogen-bond acceptors (Lipinski definition) is 7. The Morgan fingerprint density at radius 1 is 1.22 bits per heavy atom. The SMILES string of the molecule is CC[C@H](/C=C(/C)[C@@H]1C[C@H](O)C[C@H](O)C(C)(C)c2cccc(c2)C[C@@H](O)[C@H](O)C(=O)O1)CO. The molecule has 0 aromatic heterocycles. The number of cyclic esters (lactones) is 1. The molecule has 180 valence electrons. The molecule has 1 aliphatic heterocycles. The van der Waals surface area contributed by atoms with E-state index in [1.807, 2.05) is 32.9 Å². The van der Waals surface area contributed by atoms with Gasteiger partial charge in [0.25, 0.3) is 0 Å². The van der Waals surface area contributed by atoms with E-state index in [-0.39, 0.29) is 31.8 Å². The third kappa shape index (κ3) is 6.62. The van der Waals surface area contributed by atoms with Crippen LogP contribution in [0.2, 0.25) is 0 Å². The van der Waals surface area contributed by atoms with Crippen LogP contribution in [0.4, 0.5) is 0 Å². The summed E-state index contributed by atoms with van der Waals surface area (Å²) in [5.74, 6) is -1.11. The third-order valence-corrected chi connectivity index (χ3v) is 6.56. The van der Waals surface area contributed by atoms with E-state index in [2.05, 4.69) is 0 Å². The van der Waals surface area contributed by atoms with Gasteiger partial charge in [0.05, 0.1) is 18.3 Å². The molecule has 1 aromatic rings. The van der Waals surface area contributed by atoms with E-state index in [9.17, 15) is 30.3 Å². The van der Waals surface area contributed by atoms with Crippen LogP contribution < -0.4 is 0 Å². The normalized spacial score (nSPS) is 30.8. The molecule has 32 heavy (non-hydrogen) atoms. The van der Waals surface area contributed by atoms with Crippen molar-refractivity contribution < 1.29 is 35.1 Å². The van der Waals surface area contributed by atoms with Crippen LogP contribution in [0.3, 0.4) is 0 Å². The fourth-order valence-corrected chi connectivity index (χ4v) is 4.01. The Morgan fingerprint density at radius 2 is 1.91 bits per heavy atom. The molecule has 7 heteroatoms. The quantitative estimate of drug-likeness (QED) is 0.348. The van der Waals surface area contributed by atoms with E-state index in [1.54, 1.807) is 25.1 Å².